The summed E-state index contributed by atoms with van der Waals surface area (Å²) in [4.78, 5) is 12.3. The number of carbonyl (C=O) groups is 1. The van der Waals surface area contributed by atoms with Gasteiger partial charge < -0.3 is 25.6 Å². The summed E-state index contributed by atoms with van der Waals surface area (Å²) in [5.41, 5.74) is 1.66. The molecular formula is C22H26N2O4. The van der Waals surface area contributed by atoms with Crippen LogP contribution in [0.15, 0.2) is 66.7 Å². The first kappa shape index (κ1) is 20.1. The maximum Gasteiger partial charge on any atom is 0.238 e. The SMILES string of the molecule is COc1ccc(NC(=O)CN[C@@H]2[C@H](O)[C@H](c3ccccc3)C=C[C@H]2CO)cc1. The van der Waals surface area contributed by atoms with Gasteiger partial charge in [-0.25, -0.2) is 0 Å². The van der Waals surface area contributed by atoms with Gasteiger partial charge in [-0.3, -0.25) is 4.79 Å². The molecule has 1 amide bonds. The summed E-state index contributed by atoms with van der Waals surface area (Å²) < 4.78 is 5.10. The molecule has 6 nitrogen and oxygen atoms in total. The standard InChI is InChI=1S/C22H26N2O4/c1-28-18-10-8-17(9-11-18)24-20(26)13-23-21-16(14-25)7-12-19(22(21)27)15-5-3-2-4-6-15/h2-12,16,19,21-23,25,27H,13-14H2,1H3,(H,24,26)/t16-,19-,21-,22+/m0/s1. The molecule has 6 heteroatoms. The van der Waals surface area contributed by atoms with E-state index >= 15 is 0 Å². The van der Waals surface area contributed by atoms with Gasteiger partial charge in [-0.15, -0.1) is 0 Å². The Balaban J connectivity index is 1.62. The van der Waals surface area contributed by atoms with Crippen LogP contribution in [0.3, 0.4) is 0 Å². The average molecular weight is 382 g/mol. The van der Waals surface area contributed by atoms with Gasteiger partial charge in [0.25, 0.3) is 0 Å². The topological polar surface area (TPSA) is 90.8 Å². The van der Waals surface area contributed by atoms with Crippen molar-refractivity contribution < 1.29 is 19.7 Å². The third-order valence-electron chi connectivity index (χ3n) is 5.03. The van der Waals surface area contributed by atoms with Crippen LogP contribution in [-0.2, 0) is 4.79 Å². The number of hydrogen-bond acceptors (Lipinski definition) is 5. The van der Waals surface area contributed by atoms with Crippen molar-refractivity contribution in [1.29, 1.82) is 0 Å². The number of aliphatic hydroxyl groups is 2. The van der Waals surface area contributed by atoms with Gasteiger partial charge in [-0.05, 0) is 29.8 Å². The van der Waals surface area contributed by atoms with Gasteiger partial charge in [0, 0.05) is 23.6 Å². The fourth-order valence-corrected chi connectivity index (χ4v) is 3.49. The molecule has 1 aliphatic rings. The van der Waals surface area contributed by atoms with E-state index in [4.69, 9.17) is 4.74 Å². The van der Waals surface area contributed by atoms with E-state index in [-0.39, 0.29) is 30.9 Å². The van der Waals surface area contributed by atoms with Crippen LogP contribution in [0, 0.1) is 5.92 Å². The van der Waals surface area contributed by atoms with E-state index in [0.29, 0.717) is 11.4 Å². The fourth-order valence-electron chi connectivity index (χ4n) is 3.49. The zero-order valence-corrected chi connectivity index (χ0v) is 15.8. The Kier molecular flexibility index (Phi) is 6.81. The quantitative estimate of drug-likeness (QED) is 0.549. The molecule has 4 atom stereocenters. The molecule has 0 heterocycles. The van der Waals surface area contributed by atoms with E-state index in [2.05, 4.69) is 10.6 Å². The number of anilines is 1. The molecular weight excluding hydrogens is 356 g/mol. The molecule has 0 bridgehead atoms. The van der Waals surface area contributed by atoms with Crippen LogP contribution in [0.2, 0.25) is 0 Å². The number of methoxy groups -OCH3 is 1. The minimum Gasteiger partial charge on any atom is -0.497 e. The smallest absolute Gasteiger partial charge is 0.238 e. The van der Waals surface area contributed by atoms with Crippen LogP contribution in [0.5, 0.6) is 5.75 Å². The van der Waals surface area contributed by atoms with Crippen LogP contribution in [-0.4, -0.2) is 48.5 Å². The van der Waals surface area contributed by atoms with Crippen molar-refractivity contribution in [3.05, 3.63) is 72.3 Å². The third kappa shape index (κ3) is 4.78. The van der Waals surface area contributed by atoms with Gasteiger partial charge in [0.1, 0.15) is 5.75 Å². The average Bonchev–Trinajstić information content (AvgIpc) is 2.73. The van der Waals surface area contributed by atoms with Crippen molar-refractivity contribution in [2.24, 2.45) is 5.92 Å². The van der Waals surface area contributed by atoms with E-state index in [1.807, 2.05) is 42.5 Å². The lowest BCUT2D eigenvalue weighted by Gasteiger charge is -2.36. The Morgan fingerprint density at radius 1 is 1.07 bits per heavy atom. The summed E-state index contributed by atoms with van der Waals surface area (Å²) in [5, 5.41) is 26.5. The lowest BCUT2D eigenvalue weighted by Crippen LogP contribution is -2.52. The summed E-state index contributed by atoms with van der Waals surface area (Å²) in [6, 6.07) is 16.3. The summed E-state index contributed by atoms with van der Waals surface area (Å²) >= 11 is 0. The Bertz CT molecular complexity index is 792. The molecule has 148 valence electrons. The first-order chi connectivity index (χ1) is 13.6. The Morgan fingerprint density at radius 2 is 1.79 bits per heavy atom. The molecule has 1 aliphatic carbocycles. The molecule has 0 fully saturated rings. The van der Waals surface area contributed by atoms with E-state index < -0.39 is 12.1 Å². The lowest BCUT2D eigenvalue weighted by molar-refractivity contribution is -0.115. The van der Waals surface area contributed by atoms with Gasteiger partial charge in [-0.2, -0.15) is 0 Å². The van der Waals surface area contributed by atoms with Crippen molar-refractivity contribution in [1.82, 2.24) is 5.32 Å². The van der Waals surface area contributed by atoms with Gasteiger partial charge in [-0.1, -0.05) is 42.5 Å². The van der Waals surface area contributed by atoms with Crippen LogP contribution in [0.25, 0.3) is 0 Å². The summed E-state index contributed by atoms with van der Waals surface area (Å²) in [7, 11) is 1.59. The lowest BCUT2D eigenvalue weighted by atomic mass is 9.78. The van der Waals surface area contributed by atoms with Crippen molar-refractivity contribution in [2.45, 2.75) is 18.1 Å². The largest absolute Gasteiger partial charge is 0.497 e. The predicted octanol–water partition coefficient (Wildman–Crippen LogP) is 1.91. The second-order valence-corrected chi connectivity index (χ2v) is 6.84. The maximum atomic E-state index is 12.3. The molecule has 0 spiro atoms. The summed E-state index contributed by atoms with van der Waals surface area (Å²) in [5.74, 6) is 0.0424. The van der Waals surface area contributed by atoms with Gasteiger partial charge in [0.2, 0.25) is 5.91 Å². The van der Waals surface area contributed by atoms with E-state index in [1.54, 1.807) is 31.4 Å². The molecule has 2 aromatic carbocycles. The molecule has 3 rings (SSSR count). The van der Waals surface area contributed by atoms with Crippen molar-refractivity contribution in [3.63, 3.8) is 0 Å². The first-order valence-electron chi connectivity index (χ1n) is 9.32. The molecule has 0 saturated heterocycles. The minimum absolute atomic E-state index is 0.0274. The molecule has 4 N–H and O–H groups in total. The van der Waals surface area contributed by atoms with Crippen molar-refractivity contribution in [3.8, 4) is 5.75 Å². The number of nitrogens with one attached hydrogen (secondary N) is 2. The fraction of sp³-hybridized carbons (Fsp3) is 0.318. The zero-order valence-electron chi connectivity index (χ0n) is 15.8. The summed E-state index contributed by atoms with van der Waals surface area (Å²) in [6.07, 6.45) is 3.08. The van der Waals surface area contributed by atoms with Crippen LogP contribution >= 0.6 is 0 Å². The highest BCUT2D eigenvalue weighted by Crippen LogP contribution is 2.31. The molecule has 2 aromatic rings. The molecule has 0 unspecified atom stereocenters. The maximum absolute atomic E-state index is 12.3. The molecule has 0 radical (unpaired) electrons. The Morgan fingerprint density at radius 3 is 2.43 bits per heavy atom. The number of benzene rings is 2. The van der Waals surface area contributed by atoms with Gasteiger partial charge >= 0.3 is 0 Å². The van der Waals surface area contributed by atoms with E-state index in [9.17, 15) is 15.0 Å². The Labute approximate surface area is 164 Å². The van der Waals surface area contributed by atoms with Crippen LogP contribution in [0.4, 0.5) is 5.69 Å². The first-order valence-corrected chi connectivity index (χ1v) is 9.32. The molecule has 0 aromatic heterocycles. The number of ether oxygens (including phenoxy) is 1. The third-order valence-corrected chi connectivity index (χ3v) is 5.03. The van der Waals surface area contributed by atoms with Gasteiger partial charge in [0.05, 0.1) is 26.4 Å². The second kappa shape index (κ2) is 9.50. The Hall–Kier alpha value is -2.67. The number of amides is 1. The second-order valence-electron chi connectivity index (χ2n) is 6.84. The molecule has 0 aliphatic heterocycles. The van der Waals surface area contributed by atoms with Crippen LogP contribution in [0.1, 0.15) is 11.5 Å². The summed E-state index contributed by atoms with van der Waals surface area (Å²) in [6.45, 7) is -0.0769. The van der Waals surface area contributed by atoms with E-state index in [0.717, 1.165) is 5.56 Å². The molecule has 0 saturated carbocycles. The minimum atomic E-state index is -0.752. The highest BCUT2D eigenvalue weighted by molar-refractivity contribution is 5.92. The van der Waals surface area contributed by atoms with Crippen molar-refractivity contribution >= 4 is 11.6 Å². The van der Waals surface area contributed by atoms with Crippen molar-refractivity contribution in [2.75, 3.05) is 25.6 Å². The number of rotatable bonds is 7. The highest BCUT2D eigenvalue weighted by atomic mass is 16.5. The number of hydrogen-bond donors (Lipinski definition) is 4. The monoisotopic (exact) mass is 382 g/mol. The highest BCUT2D eigenvalue weighted by Gasteiger charge is 2.35. The van der Waals surface area contributed by atoms with Crippen LogP contribution < -0.4 is 15.4 Å². The van der Waals surface area contributed by atoms with E-state index in [1.165, 1.54) is 0 Å². The molecule has 28 heavy (non-hydrogen) atoms. The predicted molar refractivity (Wildman–Crippen MR) is 108 cm³/mol. The zero-order chi connectivity index (χ0) is 19.9. The number of aliphatic hydroxyl groups excluding tert-OH is 2. The number of carbonyl (C=O) groups excluding carboxylic acids is 1. The van der Waals surface area contributed by atoms with Gasteiger partial charge in [0.15, 0.2) is 0 Å². The normalized spacial score (nSPS) is 24.0.